The number of aliphatic carboxylic acids is 1. The van der Waals surface area contributed by atoms with Crippen LogP contribution in [-0.2, 0) is 18.4 Å². The zero-order valence-electron chi connectivity index (χ0n) is 30.1. The highest BCUT2D eigenvalue weighted by atomic mass is 35.5. The third kappa shape index (κ3) is 8.58. The summed E-state index contributed by atoms with van der Waals surface area (Å²) in [6, 6.07) is 14.6. The van der Waals surface area contributed by atoms with Crippen LogP contribution >= 0.6 is 11.6 Å². The Morgan fingerprint density at radius 3 is 2.51 bits per heavy atom. The number of aliphatic hydroxyl groups excluding tert-OH is 1. The summed E-state index contributed by atoms with van der Waals surface area (Å²) in [6.07, 6.45) is 6.53. The summed E-state index contributed by atoms with van der Waals surface area (Å²) in [5, 5.41) is 25.9. The highest BCUT2D eigenvalue weighted by Gasteiger charge is 2.28. The van der Waals surface area contributed by atoms with Gasteiger partial charge in [-0.1, -0.05) is 47.5 Å². The number of benzene rings is 2. The number of nitrogens with one attached hydrogen (secondary N) is 2. The predicted octanol–water partition coefficient (Wildman–Crippen LogP) is 6.11. The Morgan fingerprint density at radius 2 is 1.81 bits per heavy atom. The molecule has 0 unspecified atom stereocenters. The Hall–Kier alpha value is -5.14. The van der Waals surface area contributed by atoms with Gasteiger partial charge in [-0.15, -0.1) is 0 Å². The van der Waals surface area contributed by atoms with Crippen molar-refractivity contribution in [2.45, 2.75) is 39.3 Å². The van der Waals surface area contributed by atoms with Crippen LogP contribution in [0, 0.1) is 12.8 Å². The number of hydrogen-bond acceptors (Lipinski definition) is 9. The van der Waals surface area contributed by atoms with Crippen LogP contribution < -0.4 is 16.2 Å². The van der Waals surface area contributed by atoms with E-state index in [1.807, 2.05) is 42.2 Å². The number of β-amino-alcohol motifs (C(OH)–C–C–N with tert-alkyl or cyclic N) is 1. The lowest BCUT2D eigenvalue weighted by molar-refractivity contribution is -0.141. The summed E-state index contributed by atoms with van der Waals surface area (Å²) < 4.78 is 1.37. The molecule has 2 aliphatic heterocycles. The maximum Gasteiger partial charge on any atom is 0.307 e. The average Bonchev–Trinajstić information content (AvgIpc) is 3.77. The minimum absolute atomic E-state index is 0.0379. The van der Waals surface area contributed by atoms with Crippen LogP contribution in [0.5, 0.6) is 0 Å². The first kappa shape index (κ1) is 37.6. The molecule has 2 aliphatic rings. The van der Waals surface area contributed by atoms with E-state index in [0.29, 0.717) is 60.4 Å². The lowest BCUT2D eigenvalue weighted by Gasteiger charge is -2.18. The van der Waals surface area contributed by atoms with E-state index < -0.39 is 23.4 Å². The number of aryl methyl sites for hydroxylation is 1. The van der Waals surface area contributed by atoms with Gasteiger partial charge in [-0.25, -0.2) is 4.98 Å². The number of aromatic nitrogens is 2. The second-order valence-electron chi connectivity index (χ2n) is 13.9. The number of likely N-dealkylation sites (tertiary alicyclic amines) is 2. The third-order valence-electron chi connectivity index (χ3n) is 9.87. The molecule has 0 bridgehead atoms. The summed E-state index contributed by atoms with van der Waals surface area (Å²) >= 11 is 6.97. The lowest BCUT2D eigenvalue weighted by Crippen LogP contribution is -2.29. The molecular formula is C40H44ClN7O5. The zero-order chi connectivity index (χ0) is 37.8. The van der Waals surface area contributed by atoms with E-state index in [9.17, 15) is 24.6 Å². The number of carbonyl (C=O) groups is 2. The largest absolute Gasteiger partial charge is 0.481 e. The number of rotatable bonds is 12. The molecule has 0 radical (unpaired) electrons. The van der Waals surface area contributed by atoms with Crippen molar-refractivity contribution in [2.24, 2.45) is 18.0 Å². The molecule has 276 valence electrons. The lowest BCUT2D eigenvalue weighted by atomic mass is 9.98. The Morgan fingerprint density at radius 1 is 1.08 bits per heavy atom. The average molecular weight is 738 g/mol. The Bertz CT molecular complexity index is 2150. The molecule has 12 nitrogen and oxygen atoms in total. The van der Waals surface area contributed by atoms with Crippen LogP contribution in [0.25, 0.3) is 17.2 Å². The van der Waals surface area contributed by atoms with Crippen molar-refractivity contribution < 1.29 is 19.8 Å². The number of anilines is 3. The van der Waals surface area contributed by atoms with Crippen molar-refractivity contribution in [1.82, 2.24) is 19.4 Å². The van der Waals surface area contributed by atoms with Crippen molar-refractivity contribution in [3.8, 4) is 11.1 Å². The molecule has 0 spiro atoms. The monoisotopic (exact) mass is 737 g/mol. The SMILES string of the molecule is C=Nc1c(/C=C(\C)CN2CC[C@@H](O)C2)ccnc1Nc1cccc(-c2cccc(NC(=O)c3cc(CN4CC[C@@H](C(=O)O)C4)cn(C)c3=O)c2Cl)c1C. The van der Waals surface area contributed by atoms with Crippen molar-refractivity contribution in [2.75, 3.05) is 43.4 Å². The first-order valence-electron chi connectivity index (χ1n) is 17.6. The van der Waals surface area contributed by atoms with Gasteiger partial charge in [0.05, 0.1) is 22.7 Å². The van der Waals surface area contributed by atoms with E-state index in [1.165, 1.54) is 4.57 Å². The number of aliphatic hydroxyl groups is 1. The first-order valence-corrected chi connectivity index (χ1v) is 17.9. The van der Waals surface area contributed by atoms with Crippen molar-refractivity contribution in [3.63, 3.8) is 0 Å². The molecule has 2 saturated heterocycles. The van der Waals surface area contributed by atoms with Gasteiger partial charge in [-0.2, -0.15) is 0 Å². The molecule has 0 saturated carbocycles. The minimum Gasteiger partial charge on any atom is -0.481 e. The van der Waals surface area contributed by atoms with E-state index in [1.54, 1.807) is 37.6 Å². The molecular weight excluding hydrogens is 694 g/mol. The molecule has 6 rings (SSSR count). The number of pyridine rings is 2. The van der Waals surface area contributed by atoms with Crippen LogP contribution in [0.3, 0.4) is 0 Å². The van der Waals surface area contributed by atoms with Gasteiger partial charge in [0, 0.05) is 69.0 Å². The maximum absolute atomic E-state index is 13.6. The Labute approximate surface area is 313 Å². The fourth-order valence-corrected chi connectivity index (χ4v) is 7.42. The van der Waals surface area contributed by atoms with Crippen LogP contribution in [0.4, 0.5) is 22.9 Å². The molecule has 2 atom stereocenters. The van der Waals surface area contributed by atoms with Crippen LogP contribution in [-0.4, -0.2) is 87.0 Å². The standard InChI is InChI=1S/C40H44ClN7O5/c1-24(19-47-16-13-29(49)23-47)17-27-11-14-43-37(36(27)42-3)44-33-9-5-7-30(25(33)2)31-8-6-10-34(35(31)41)45-38(50)32-18-26(20-46(4)39(32)51)21-48-15-12-28(22-48)40(52)53/h5-11,14,17-18,20,28-29,49H,3,12-13,15-16,19,21-23H2,1-2,4H3,(H,43,44)(H,45,50)(H,52,53)/b24-17+/t28-,29-/m1/s1. The number of carbonyl (C=O) groups excluding carboxylic acids is 1. The fraction of sp³-hybridized carbons (Fsp3) is 0.325. The highest BCUT2D eigenvalue weighted by molar-refractivity contribution is 6.36. The van der Waals surface area contributed by atoms with Crippen molar-refractivity contribution in [3.05, 3.63) is 104 Å². The molecule has 4 N–H and O–H groups in total. The third-order valence-corrected chi connectivity index (χ3v) is 10.3. The second kappa shape index (κ2) is 16.3. The topological polar surface area (TPSA) is 152 Å². The van der Waals surface area contributed by atoms with Gasteiger partial charge < -0.3 is 25.4 Å². The van der Waals surface area contributed by atoms with E-state index >= 15 is 0 Å². The van der Waals surface area contributed by atoms with Gasteiger partial charge in [-0.05, 0) is 80.9 Å². The van der Waals surface area contributed by atoms with E-state index in [-0.39, 0.29) is 11.7 Å². The quantitative estimate of drug-likeness (QED) is 0.126. The van der Waals surface area contributed by atoms with E-state index in [4.69, 9.17) is 11.6 Å². The number of aliphatic imine (C=N–C) groups is 1. The summed E-state index contributed by atoms with van der Waals surface area (Å²) in [4.78, 5) is 51.2. The van der Waals surface area contributed by atoms with Crippen molar-refractivity contribution >= 4 is 59.2 Å². The Balaban J connectivity index is 1.22. The fourth-order valence-electron chi connectivity index (χ4n) is 7.15. The highest BCUT2D eigenvalue weighted by Crippen LogP contribution is 2.39. The molecule has 1 amide bonds. The molecule has 13 heteroatoms. The van der Waals surface area contributed by atoms with Gasteiger partial charge in [0.15, 0.2) is 5.82 Å². The molecule has 2 aromatic carbocycles. The first-order chi connectivity index (χ1) is 25.4. The summed E-state index contributed by atoms with van der Waals surface area (Å²) in [6.45, 7) is 11.6. The van der Waals surface area contributed by atoms with E-state index in [0.717, 1.165) is 53.0 Å². The number of halogens is 1. The number of carboxylic acids is 1. The Kier molecular flexibility index (Phi) is 11.5. The molecule has 4 heterocycles. The molecule has 2 fully saturated rings. The van der Waals surface area contributed by atoms with Gasteiger partial charge in [0.2, 0.25) is 0 Å². The normalized spacial score (nSPS) is 17.9. The van der Waals surface area contributed by atoms with Crippen LogP contribution in [0.2, 0.25) is 5.02 Å². The van der Waals surface area contributed by atoms with Crippen LogP contribution in [0.15, 0.2) is 76.3 Å². The minimum atomic E-state index is -0.818. The van der Waals surface area contributed by atoms with Gasteiger partial charge >= 0.3 is 5.97 Å². The van der Waals surface area contributed by atoms with Crippen molar-refractivity contribution in [1.29, 1.82) is 0 Å². The number of carboxylic acid groups (broad SMARTS) is 1. The van der Waals surface area contributed by atoms with E-state index in [2.05, 4.69) is 45.2 Å². The summed E-state index contributed by atoms with van der Waals surface area (Å²) in [5.74, 6) is -1.30. The molecule has 4 aromatic rings. The summed E-state index contributed by atoms with van der Waals surface area (Å²) in [7, 11) is 1.59. The maximum atomic E-state index is 13.6. The molecule has 0 aliphatic carbocycles. The van der Waals surface area contributed by atoms with Gasteiger partial charge in [-0.3, -0.25) is 29.2 Å². The number of nitrogens with zero attached hydrogens (tertiary/aromatic N) is 5. The van der Waals surface area contributed by atoms with Gasteiger partial charge in [0.25, 0.3) is 11.5 Å². The number of amides is 1. The zero-order valence-corrected chi connectivity index (χ0v) is 30.9. The number of hydrogen-bond donors (Lipinski definition) is 4. The molecule has 53 heavy (non-hydrogen) atoms. The smallest absolute Gasteiger partial charge is 0.307 e. The van der Waals surface area contributed by atoms with Gasteiger partial charge in [0.1, 0.15) is 11.3 Å². The molecule has 2 aromatic heterocycles. The predicted molar refractivity (Wildman–Crippen MR) is 210 cm³/mol. The summed E-state index contributed by atoms with van der Waals surface area (Å²) in [5.41, 5.74) is 6.37. The van der Waals surface area contributed by atoms with Crippen LogP contribution in [0.1, 0.15) is 46.8 Å². The second-order valence-corrected chi connectivity index (χ2v) is 14.3.